The summed E-state index contributed by atoms with van der Waals surface area (Å²) in [6.07, 6.45) is -5.54. The highest BCUT2D eigenvalue weighted by atomic mass is 19.4. The van der Waals surface area contributed by atoms with E-state index in [2.05, 4.69) is 5.32 Å². The molecule has 1 fully saturated rings. The Hall–Kier alpha value is -0.820. The number of nitrogens with two attached hydrogens (primary N) is 1. The van der Waals surface area contributed by atoms with Crippen LogP contribution in [0.3, 0.4) is 0 Å². The number of amides is 1. The molecule has 3 atom stereocenters. The lowest BCUT2D eigenvalue weighted by molar-refractivity contribution is -0.145. The molecule has 1 amide bonds. The minimum Gasteiger partial charge on any atom is -0.376 e. The number of nitrogens with one attached hydrogen (secondary N) is 1. The standard InChI is InChI=1S/C10H17F3N2O2/c1-2-17-7-5-6(14)9(7)15-8(16)3-4-10(11,12)13/h6-7,9H,2-5,14H2,1H3,(H,15,16). The molecular weight excluding hydrogens is 237 g/mol. The van der Waals surface area contributed by atoms with Crippen LogP contribution in [-0.2, 0) is 9.53 Å². The molecule has 0 aromatic carbocycles. The summed E-state index contributed by atoms with van der Waals surface area (Å²) < 4.78 is 41.0. The van der Waals surface area contributed by atoms with Gasteiger partial charge in [-0.1, -0.05) is 0 Å². The molecule has 1 rings (SSSR count). The maximum Gasteiger partial charge on any atom is 0.389 e. The van der Waals surface area contributed by atoms with Crippen molar-refractivity contribution in [2.45, 2.75) is 50.6 Å². The second-order valence-corrected chi connectivity index (χ2v) is 4.10. The van der Waals surface area contributed by atoms with E-state index in [0.29, 0.717) is 13.0 Å². The molecule has 7 heteroatoms. The van der Waals surface area contributed by atoms with Gasteiger partial charge in [0.15, 0.2) is 0 Å². The number of rotatable bonds is 5. The molecule has 0 aromatic heterocycles. The molecule has 3 unspecified atom stereocenters. The van der Waals surface area contributed by atoms with Crippen LogP contribution in [0.5, 0.6) is 0 Å². The van der Waals surface area contributed by atoms with Gasteiger partial charge in [0.1, 0.15) is 0 Å². The molecule has 3 N–H and O–H groups in total. The van der Waals surface area contributed by atoms with E-state index >= 15 is 0 Å². The predicted octanol–water partition coefficient (Wildman–Crippen LogP) is 0.950. The number of carbonyl (C=O) groups is 1. The lowest BCUT2D eigenvalue weighted by atomic mass is 9.83. The van der Waals surface area contributed by atoms with Crippen molar-refractivity contribution in [1.29, 1.82) is 0 Å². The zero-order chi connectivity index (χ0) is 13.1. The van der Waals surface area contributed by atoms with Crippen LogP contribution in [0.2, 0.25) is 0 Å². The van der Waals surface area contributed by atoms with E-state index < -0.39 is 24.9 Å². The van der Waals surface area contributed by atoms with E-state index in [1.165, 1.54) is 0 Å². The van der Waals surface area contributed by atoms with Crippen molar-refractivity contribution >= 4 is 5.91 Å². The van der Waals surface area contributed by atoms with Gasteiger partial charge in [0, 0.05) is 19.1 Å². The first-order chi connectivity index (χ1) is 7.83. The van der Waals surface area contributed by atoms with Gasteiger partial charge in [-0.05, 0) is 13.3 Å². The summed E-state index contributed by atoms with van der Waals surface area (Å²) in [5.41, 5.74) is 5.66. The highest BCUT2D eigenvalue weighted by Gasteiger charge is 2.40. The van der Waals surface area contributed by atoms with Crippen LogP contribution in [0.25, 0.3) is 0 Å². The molecule has 0 aromatic rings. The van der Waals surface area contributed by atoms with E-state index in [0.717, 1.165) is 0 Å². The Kier molecular flexibility index (Phi) is 4.76. The molecular formula is C10H17F3N2O2. The summed E-state index contributed by atoms with van der Waals surface area (Å²) in [5.74, 6) is -0.632. The third kappa shape index (κ3) is 4.51. The highest BCUT2D eigenvalue weighted by molar-refractivity contribution is 5.76. The van der Waals surface area contributed by atoms with E-state index in [-0.39, 0.29) is 18.2 Å². The third-order valence-corrected chi connectivity index (χ3v) is 2.71. The van der Waals surface area contributed by atoms with Crippen LogP contribution in [0.15, 0.2) is 0 Å². The van der Waals surface area contributed by atoms with Crippen molar-refractivity contribution in [1.82, 2.24) is 5.32 Å². The Labute approximate surface area is 97.7 Å². The van der Waals surface area contributed by atoms with Gasteiger partial charge in [0.05, 0.1) is 18.6 Å². The molecule has 17 heavy (non-hydrogen) atoms. The third-order valence-electron chi connectivity index (χ3n) is 2.71. The Bertz CT molecular complexity index is 269. The molecule has 1 aliphatic carbocycles. The average molecular weight is 254 g/mol. The number of ether oxygens (including phenoxy) is 1. The fourth-order valence-electron chi connectivity index (χ4n) is 1.74. The first-order valence-corrected chi connectivity index (χ1v) is 5.56. The molecule has 0 aliphatic heterocycles. The van der Waals surface area contributed by atoms with Crippen molar-refractivity contribution in [3.63, 3.8) is 0 Å². The quantitative estimate of drug-likeness (QED) is 0.767. The van der Waals surface area contributed by atoms with E-state index in [4.69, 9.17) is 10.5 Å². The van der Waals surface area contributed by atoms with E-state index in [1.807, 2.05) is 6.92 Å². The van der Waals surface area contributed by atoms with Crippen LogP contribution in [0, 0.1) is 0 Å². The van der Waals surface area contributed by atoms with Crippen molar-refractivity contribution < 1.29 is 22.7 Å². The molecule has 100 valence electrons. The minimum absolute atomic E-state index is 0.176. The Morgan fingerprint density at radius 3 is 2.65 bits per heavy atom. The molecule has 4 nitrogen and oxygen atoms in total. The van der Waals surface area contributed by atoms with Gasteiger partial charge >= 0.3 is 6.18 Å². The predicted molar refractivity (Wildman–Crippen MR) is 55.2 cm³/mol. The number of carbonyl (C=O) groups excluding carboxylic acids is 1. The summed E-state index contributed by atoms with van der Waals surface area (Å²) in [5, 5.41) is 2.48. The van der Waals surface area contributed by atoms with Gasteiger partial charge in [-0.3, -0.25) is 4.79 Å². The van der Waals surface area contributed by atoms with Crippen LogP contribution >= 0.6 is 0 Å². The number of halogens is 3. The molecule has 0 saturated heterocycles. The van der Waals surface area contributed by atoms with Crippen molar-refractivity contribution in [3.05, 3.63) is 0 Å². The van der Waals surface area contributed by atoms with Crippen LogP contribution in [0.1, 0.15) is 26.2 Å². The number of alkyl halides is 3. The topological polar surface area (TPSA) is 64.3 Å². The molecule has 1 aliphatic rings. The second kappa shape index (κ2) is 5.68. The first kappa shape index (κ1) is 14.2. The molecule has 0 radical (unpaired) electrons. The summed E-state index contributed by atoms with van der Waals surface area (Å²) in [7, 11) is 0. The van der Waals surface area contributed by atoms with Gasteiger partial charge < -0.3 is 15.8 Å². The maximum atomic E-state index is 11.9. The Morgan fingerprint density at radius 1 is 1.53 bits per heavy atom. The lowest BCUT2D eigenvalue weighted by Crippen LogP contribution is -2.64. The van der Waals surface area contributed by atoms with E-state index in [1.54, 1.807) is 0 Å². The molecule has 0 spiro atoms. The molecule has 0 heterocycles. The monoisotopic (exact) mass is 254 g/mol. The zero-order valence-electron chi connectivity index (χ0n) is 9.59. The largest absolute Gasteiger partial charge is 0.389 e. The fraction of sp³-hybridized carbons (Fsp3) is 0.900. The average Bonchev–Trinajstić information content (AvgIpc) is 2.22. The SMILES string of the molecule is CCOC1CC(N)C1NC(=O)CCC(F)(F)F. The van der Waals surface area contributed by atoms with Crippen LogP contribution in [-0.4, -0.2) is 36.9 Å². The van der Waals surface area contributed by atoms with Crippen LogP contribution < -0.4 is 11.1 Å². The molecule has 0 bridgehead atoms. The minimum atomic E-state index is -4.31. The van der Waals surface area contributed by atoms with Crippen molar-refractivity contribution in [2.75, 3.05) is 6.61 Å². The van der Waals surface area contributed by atoms with Gasteiger partial charge in [-0.25, -0.2) is 0 Å². The van der Waals surface area contributed by atoms with E-state index in [9.17, 15) is 18.0 Å². The van der Waals surface area contributed by atoms with Gasteiger partial charge in [0.2, 0.25) is 5.91 Å². The zero-order valence-corrected chi connectivity index (χ0v) is 9.59. The van der Waals surface area contributed by atoms with Crippen molar-refractivity contribution in [2.24, 2.45) is 5.73 Å². The summed E-state index contributed by atoms with van der Waals surface area (Å²) in [6, 6.07) is -0.600. The van der Waals surface area contributed by atoms with Gasteiger partial charge in [-0.2, -0.15) is 13.2 Å². The highest BCUT2D eigenvalue weighted by Crippen LogP contribution is 2.24. The smallest absolute Gasteiger partial charge is 0.376 e. The van der Waals surface area contributed by atoms with Crippen molar-refractivity contribution in [3.8, 4) is 0 Å². The van der Waals surface area contributed by atoms with Gasteiger partial charge in [0.25, 0.3) is 0 Å². The number of hydrogen-bond acceptors (Lipinski definition) is 3. The lowest BCUT2D eigenvalue weighted by Gasteiger charge is -2.42. The second-order valence-electron chi connectivity index (χ2n) is 4.10. The van der Waals surface area contributed by atoms with Gasteiger partial charge in [-0.15, -0.1) is 0 Å². The molecule has 1 saturated carbocycles. The number of hydrogen-bond donors (Lipinski definition) is 2. The maximum absolute atomic E-state index is 11.9. The summed E-state index contributed by atoms with van der Waals surface area (Å²) in [4.78, 5) is 11.3. The normalized spacial score (nSPS) is 28.6. The summed E-state index contributed by atoms with van der Waals surface area (Å²) >= 11 is 0. The Balaban J connectivity index is 2.30. The summed E-state index contributed by atoms with van der Waals surface area (Å²) in [6.45, 7) is 2.30. The Morgan fingerprint density at radius 2 is 2.18 bits per heavy atom. The van der Waals surface area contributed by atoms with Crippen LogP contribution in [0.4, 0.5) is 13.2 Å². The first-order valence-electron chi connectivity index (χ1n) is 5.56. The fourth-order valence-corrected chi connectivity index (χ4v) is 1.74.